The van der Waals surface area contributed by atoms with Crippen LogP contribution in [0.5, 0.6) is 5.75 Å². The summed E-state index contributed by atoms with van der Waals surface area (Å²) in [5, 5.41) is 14.3. The van der Waals surface area contributed by atoms with Crippen molar-refractivity contribution in [3.63, 3.8) is 0 Å². The van der Waals surface area contributed by atoms with Crippen molar-refractivity contribution in [2.24, 2.45) is 11.8 Å². The van der Waals surface area contributed by atoms with Crippen LogP contribution in [0.25, 0.3) is 0 Å². The monoisotopic (exact) mass is 504 g/mol. The zero-order valence-electron chi connectivity index (χ0n) is 19.6. The van der Waals surface area contributed by atoms with E-state index in [1.807, 2.05) is 37.3 Å². The highest BCUT2D eigenvalue weighted by Crippen LogP contribution is 2.51. The first-order valence-electron chi connectivity index (χ1n) is 11.8. The zero-order valence-corrected chi connectivity index (χ0v) is 20.3. The highest BCUT2D eigenvalue weighted by Gasteiger charge is 2.68. The van der Waals surface area contributed by atoms with Gasteiger partial charge in [0.15, 0.2) is 0 Å². The maximum atomic E-state index is 13.9. The molecule has 5 rings (SSSR count). The number of carboxylic acids is 1. The number of carbonyl (C=O) groups excluding carboxylic acids is 2. The zero-order chi connectivity index (χ0) is 25.4. The molecule has 8 heteroatoms. The first kappa shape index (κ1) is 24.0. The minimum absolute atomic E-state index is 0.0462. The number of carboxylic acid groups (broad SMARTS) is 1. The lowest BCUT2D eigenvalue weighted by Crippen LogP contribution is -2.57. The summed E-state index contributed by atoms with van der Waals surface area (Å²) >= 11 is 6.08. The van der Waals surface area contributed by atoms with Gasteiger partial charge in [-0.25, -0.2) is 4.90 Å². The Labute approximate surface area is 213 Å². The van der Waals surface area contributed by atoms with E-state index in [2.05, 4.69) is 5.32 Å². The van der Waals surface area contributed by atoms with E-state index < -0.39 is 41.2 Å². The lowest BCUT2D eigenvalue weighted by Gasteiger charge is -2.31. The fraction of sp³-hybridized carbons (Fsp3) is 0.250. The number of anilines is 1. The number of fused-ring (bicyclic) bond motifs is 1. The standard InChI is InChI=1S/C28H25ClN2O5/c1-2-36-21-14-12-20(13-15-21)31-25(32)22-23(26(31)33)28(27(34)35,16-17-6-4-3-5-7-17)30-24(22)18-8-10-19(29)11-9-18/h3-15,22-24,30H,2,16H2,1H3,(H,34,35)/t22-,23+,24-,28+/m0/s1. The van der Waals surface area contributed by atoms with Gasteiger partial charge in [-0.15, -0.1) is 0 Å². The molecule has 2 heterocycles. The van der Waals surface area contributed by atoms with Gasteiger partial charge in [0.2, 0.25) is 11.8 Å². The minimum Gasteiger partial charge on any atom is -0.494 e. The Morgan fingerprint density at radius 1 is 1.00 bits per heavy atom. The van der Waals surface area contributed by atoms with Crippen molar-refractivity contribution >= 4 is 35.1 Å². The van der Waals surface area contributed by atoms with E-state index in [1.165, 1.54) is 0 Å². The largest absolute Gasteiger partial charge is 0.494 e. The first-order chi connectivity index (χ1) is 17.4. The topological polar surface area (TPSA) is 95.9 Å². The van der Waals surface area contributed by atoms with Gasteiger partial charge < -0.3 is 9.84 Å². The predicted molar refractivity (Wildman–Crippen MR) is 135 cm³/mol. The molecule has 0 spiro atoms. The van der Waals surface area contributed by atoms with Crippen LogP contribution < -0.4 is 15.0 Å². The predicted octanol–water partition coefficient (Wildman–Crippen LogP) is 4.25. The summed E-state index contributed by atoms with van der Waals surface area (Å²) in [5.41, 5.74) is 0.156. The fourth-order valence-corrected chi connectivity index (χ4v) is 5.55. The van der Waals surface area contributed by atoms with Gasteiger partial charge in [0.25, 0.3) is 0 Å². The van der Waals surface area contributed by atoms with Crippen LogP contribution in [-0.2, 0) is 20.8 Å². The number of hydrogen-bond donors (Lipinski definition) is 2. The first-order valence-corrected chi connectivity index (χ1v) is 12.1. The summed E-state index contributed by atoms with van der Waals surface area (Å²) in [6, 6.07) is 22.0. The van der Waals surface area contributed by atoms with E-state index in [4.69, 9.17) is 16.3 Å². The lowest BCUT2D eigenvalue weighted by atomic mass is 9.76. The molecule has 0 unspecified atom stereocenters. The van der Waals surface area contributed by atoms with Gasteiger partial charge in [0, 0.05) is 17.5 Å². The third-order valence-electron chi connectivity index (χ3n) is 7.00. The molecule has 3 aromatic carbocycles. The van der Waals surface area contributed by atoms with Crippen LogP contribution in [0.15, 0.2) is 78.9 Å². The second-order valence-electron chi connectivity index (χ2n) is 9.05. The molecule has 2 aliphatic rings. The number of halogens is 1. The smallest absolute Gasteiger partial charge is 0.325 e. The molecule has 0 aromatic heterocycles. The van der Waals surface area contributed by atoms with Crippen molar-refractivity contribution in [2.75, 3.05) is 11.5 Å². The number of imide groups is 1. The number of carbonyl (C=O) groups is 3. The Morgan fingerprint density at radius 3 is 2.28 bits per heavy atom. The molecule has 2 aliphatic heterocycles. The maximum Gasteiger partial charge on any atom is 0.325 e. The highest BCUT2D eigenvalue weighted by atomic mass is 35.5. The van der Waals surface area contributed by atoms with Crippen LogP contribution >= 0.6 is 11.6 Å². The lowest BCUT2D eigenvalue weighted by molar-refractivity contribution is -0.148. The van der Waals surface area contributed by atoms with Crippen LogP contribution in [0.3, 0.4) is 0 Å². The number of nitrogens with zero attached hydrogens (tertiary/aromatic N) is 1. The molecule has 4 atom stereocenters. The Hall–Kier alpha value is -3.68. The molecule has 2 N–H and O–H groups in total. The average molecular weight is 505 g/mol. The van der Waals surface area contributed by atoms with E-state index in [-0.39, 0.29) is 6.42 Å². The summed E-state index contributed by atoms with van der Waals surface area (Å²) < 4.78 is 5.48. The van der Waals surface area contributed by atoms with Crippen molar-refractivity contribution in [3.05, 3.63) is 95.0 Å². The molecule has 36 heavy (non-hydrogen) atoms. The molecule has 3 aromatic rings. The molecule has 0 saturated carbocycles. The molecule has 0 radical (unpaired) electrons. The Balaban J connectivity index is 1.61. The molecular formula is C28H25ClN2O5. The number of rotatable bonds is 7. The summed E-state index contributed by atoms with van der Waals surface area (Å²) in [6.45, 7) is 2.35. The fourth-order valence-electron chi connectivity index (χ4n) is 5.42. The molecule has 2 amide bonds. The van der Waals surface area contributed by atoms with Crippen LogP contribution in [0.2, 0.25) is 5.02 Å². The second-order valence-corrected chi connectivity index (χ2v) is 9.49. The minimum atomic E-state index is -1.68. The normalized spacial score (nSPS) is 25.2. The van der Waals surface area contributed by atoms with Crippen LogP contribution in [-0.4, -0.2) is 35.0 Å². The molecule has 2 saturated heterocycles. The maximum absolute atomic E-state index is 13.9. The number of benzene rings is 3. The van der Waals surface area contributed by atoms with Crippen LogP contribution in [0, 0.1) is 11.8 Å². The molecule has 0 bridgehead atoms. The Bertz CT molecular complexity index is 1300. The third-order valence-corrected chi connectivity index (χ3v) is 7.25. The van der Waals surface area contributed by atoms with Crippen molar-refractivity contribution in [1.82, 2.24) is 5.32 Å². The van der Waals surface area contributed by atoms with Crippen molar-refractivity contribution in [3.8, 4) is 5.75 Å². The number of amides is 2. The summed E-state index contributed by atoms with van der Waals surface area (Å²) in [5.74, 6) is -3.52. The molecule has 184 valence electrons. The van der Waals surface area contributed by atoms with Gasteiger partial charge in [0.1, 0.15) is 11.3 Å². The summed E-state index contributed by atoms with van der Waals surface area (Å²) in [6.07, 6.45) is 0.0462. The molecular weight excluding hydrogens is 480 g/mol. The van der Waals surface area contributed by atoms with Gasteiger partial charge in [-0.05, 0) is 54.4 Å². The summed E-state index contributed by atoms with van der Waals surface area (Å²) in [4.78, 5) is 41.8. The Kier molecular flexibility index (Phi) is 6.28. The van der Waals surface area contributed by atoms with E-state index >= 15 is 0 Å². The van der Waals surface area contributed by atoms with Gasteiger partial charge in [-0.1, -0.05) is 54.1 Å². The molecule has 2 fully saturated rings. The van der Waals surface area contributed by atoms with Gasteiger partial charge in [-0.2, -0.15) is 0 Å². The van der Waals surface area contributed by atoms with Gasteiger partial charge >= 0.3 is 5.97 Å². The summed E-state index contributed by atoms with van der Waals surface area (Å²) in [7, 11) is 0. The van der Waals surface area contributed by atoms with E-state index in [9.17, 15) is 19.5 Å². The highest BCUT2D eigenvalue weighted by molar-refractivity contribution is 6.30. The van der Waals surface area contributed by atoms with E-state index in [1.54, 1.807) is 48.5 Å². The number of aliphatic carboxylic acids is 1. The van der Waals surface area contributed by atoms with E-state index in [0.717, 1.165) is 10.5 Å². The number of hydrogen-bond acceptors (Lipinski definition) is 5. The quantitative estimate of drug-likeness (QED) is 0.467. The van der Waals surface area contributed by atoms with E-state index in [0.29, 0.717) is 28.6 Å². The van der Waals surface area contributed by atoms with Gasteiger partial charge in [0.05, 0.1) is 24.1 Å². The van der Waals surface area contributed by atoms with Crippen LogP contribution in [0.4, 0.5) is 5.69 Å². The SMILES string of the molecule is CCOc1ccc(N2C(=O)[C@@H]3[C@H](c4ccc(Cl)cc4)N[C@@](Cc4ccccc4)(C(=O)O)[C@H]3C2=O)cc1. The second kappa shape index (κ2) is 9.41. The Morgan fingerprint density at radius 2 is 1.67 bits per heavy atom. The number of nitrogens with one attached hydrogen (secondary N) is 1. The van der Waals surface area contributed by atoms with Crippen molar-refractivity contribution < 1.29 is 24.2 Å². The molecule has 7 nitrogen and oxygen atoms in total. The average Bonchev–Trinajstić information content (AvgIpc) is 3.35. The van der Waals surface area contributed by atoms with Gasteiger partial charge in [-0.3, -0.25) is 19.7 Å². The van der Waals surface area contributed by atoms with Crippen molar-refractivity contribution in [1.29, 1.82) is 0 Å². The number of ether oxygens (including phenoxy) is 1. The van der Waals surface area contributed by atoms with Crippen LogP contribution in [0.1, 0.15) is 24.1 Å². The molecule has 0 aliphatic carbocycles. The third kappa shape index (κ3) is 3.94. The van der Waals surface area contributed by atoms with Crippen molar-refractivity contribution in [2.45, 2.75) is 24.9 Å².